The van der Waals surface area contributed by atoms with Crippen molar-refractivity contribution in [2.45, 2.75) is 39.5 Å². The average molecular weight is 266 g/mol. The van der Waals surface area contributed by atoms with Crippen LogP contribution in [0.2, 0.25) is 0 Å². The molecule has 1 fully saturated rings. The summed E-state index contributed by atoms with van der Waals surface area (Å²) in [5.41, 5.74) is 1.22. The summed E-state index contributed by atoms with van der Waals surface area (Å²) in [4.78, 5) is 13.9. The zero-order valence-corrected chi connectivity index (χ0v) is 12.0. The number of hydrogen-bond donors (Lipinski definition) is 1. The molecule has 1 aromatic heterocycles. The second-order valence-electron chi connectivity index (χ2n) is 5.46. The number of rotatable bonds is 2. The molecule has 1 aliphatic rings. The Morgan fingerprint density at radius 1 is 1.37 bits per heavy atom. The van der Waals surface area contributed by atoms with Gasteiger partial charge in [-0.25, -0.2) is 0 Å². The van der Waals surface area contributed by atoms with Gasteiger partial charge in [-0.2, -0.15) is 0 Å². The molecule has 5 nitrogen and oxygen atoms in total. The molecule has 1 saturated heterocycles. The number of ether oxygens (including phenoxy) is 1. The lowest BCUT2D eigenvalue weighted by Gasteiger charge is -2.35. The molecule has 0 spiro atoms. The molecule has 2 unspecified atom stereocenters. The van der Waals surface area contributed by atoms with Crippen LogP contribution in [0.15, 0.2) is 10.9 Å². The van der Waals surface area contributed by atoms with Gasteiger partial charge in [0.2, 0.25) is 5.43 Å². The fourth-order valence-electron chi connectivity index (χ4n) is 2.68. The van der Waals surface area contributed by atoms with Gasteiger partial charge >= 0.3 is 0 Å². The van der Waals surface area contributed by atoms with E-state index in [1.54, 1.807) is 0 Å². The number of aryl methyl sites for hydroxylation is 1. The van der Waals surface area contributed by atoms with Gasteiger partial charge in [0.25, 0.3) is 0 Å². The van der Waals surface area contributed by atoms with Crippen LogP contribution in [-0.2, 0) is 18.3 Å². The molecule has 0 aromatic carbocycles. The third-order valence-corrected chi connectivity index (χ3v) is 3.65. The Balaban J connectivity index is 2.26. The second-order valence-corrected chi connectivity index (χ2v) is 5.46. The maximum atomic E-state index is 11.7. The van der Waals surface area contributed by atoms with Crippen LogP contribution in [-0.4, -0.2) is 39.9 Å². The molecule has 5 heteroatoms. The summed E-state index contributed by atoms with van der Waals surface area (Å²) in [7, 11) is 1.87. The molecular weight excluding hydrogens is 244 g/mol. The summed E-state index contributed by atoms with van der Waals surface area (Å²) >= 11 is 0. The molecule has 1 N–H and O–H groups in total. The van der Waals surface area contributed by atoms with Gasteiger partial charge in [0.1, 0.15) is 0 Å². The summed E-state index contributed by atoms with van der Waals surface area (Å²) < 4.78 is 7.57. The Morgan fingerprint density at radius 2 is 1.95 bits per heavy atom. The van der Waals surface area contributed by atoms with E-state index in [9.17, 15) is 9.90 Å². The summed E-state index contributed by atoms with van der Waals surface area (Å²) in [5.74, 6) is -0.139. The molecule has 0 saturated carbocycles. The van der Waals surface area contributed by atoms with Crippen LogP contribution in [0.5, 0.6) is 5.75 Å². The maximum absolute atomic E-state index is 11.7. The average Bonchev–Trinajstić information content (AvgIpc) is 2.31. The topological polar surface area (TPSA) is 54.7 Å². The molecule has 2 atom stereocenters. The van der Waals surface area contributed by atoms with Crippen LogP contribution < -0.4 is 5.43 Å². The Kier molecular flexibility index (Phi) is 3.96. The van der Waals surface area contributed by atoms with Crippen molar-refractivity contribution in [3.63, 3.8) is 0 Å². The first kappa shape index (κ1) is 14.1. The first-order valence-corrected chi connectivity index (χ1v) is 6.64. The summed E-state index contributed by atoms with van der Waals surface area (Å²) in [5, 5.41) is 9.97. The van der Waals surface area contributed by atoms with E-state index in [2.05, 4.69) is 4.90 Å². The predicted octanol–water partition coefficient (Wildman–Crippen LogP) is 1.01. The van der Waals surface area contributed by atoms with Gasteiger partial charge in [-0.1, -0.05) is 0 Å². The number of pyridine rings is 1. The van der Waals surface area contributed by atoms with Crippen molar-refractivity contribution in [2.24, 2.45) is 7.05 Å². The van der Waals surface area contributed by atoms with Crippen molar-refractivity contribution in [1.82, 2.24) is 9.47 Å². The van der Waals surface area contributed by atoms with E-state index in [-0.39, 0.29) is 23.4 Å². The van der Waals surface area contributed by atoms with E-state index >= 15 is 0 Å². The van der Waals surface area contributed by atoms with E-state index in [1.807, 2.05) is 32.4 Å². The minimum absolute atomic E-state index is 0.139. The number of hydrogen-bond acceptors (Lipinski definition) is 4. The zero-order valence-electron chi connectivity index (χ0n) is 12.0. The second kappa shape index (κ2) is 5.35. The third-order valence-electron chi connectivity index (χ3n) is 3.65. The Hall–Kier alpha value is -1.33. The van der Waals surface area contributed by atoms with Crippen LogP contribution in [0.3, 0.4) is 0 Å². The highest BCUT2D eigenvalue weighted by Gasteiger charge is 2.24. The fourth-order valence-corrected chi connectivity index (χ4v) is 2.68. The van der Waals surface area contributed by atoms with E-state index < -0.39 is 0 Å². The van der Waals surface area contributed by atoms with Gasteiger partial charge in [-0.05, 0) is 20.8 Å². The fraction of sp³-hybridized carbons (Fsp3) is 0.643. The molecule has 2 heterocycles. The van der Waals surface area contributed by atoms with Crippen molar-refractivity contribution in [3.05, 3.63) is 27.7 Å². The van der Waals surface area contributed by atoms with Crippen molar-refractivity contribution >= 4 is 0 Å². The van der Waals surface area contributed by atoms with Gasteiger partial charge < -0.3 is 14.4 Å². The molecule has 2 rings (SSSR count). The van der Waals surface area contributed by atoms with E-state index in [0.29, 0.717) is 12.2 Å². The lowest BCUT2D eigenvalue weighted by molar-refractivity contribution is -0.0711. The minimum atomic E-state index is -0.306. The Bertz CT molecular complexity index is 514. The molecule has 0 bridgehead atoms. The molecule has 0 amide bonds. The van der Waals surface area contributed by atoms with Crippen LogP contribution in [0.4, 0.5) is 0 Å². The highest BCUT2D eigenvalue weighted by atomic mass is 16.5. The molecular formula is C14H22N2O3. The molecule has 106 valence electrons. The zero-order chi connectivity index (χ0) is 14.2. The van der Waals surface area contributed by atoms with E-state index in [1.165, 1.54) is 6.07 Å². The van der Waals surface area contributed by atoms with Crippen molar-refractivity contribution in [2.75, 3.05) is 13.1 Å². The lowest BCUT2D eigenvalue weighted by atomic mass is 10.2. The molecule has 1 aromatic rings. The third kappa shape index (κ3) is 2.98. The van der Waals surface area contributed by atoms with Gasteiger partial charge in [0.15, 0.2) is 5.75 Å². The van der Waals surface area contributed by atoms with Crippen LogP contribution in [0, 0.1) is 6.92 Å². The maximum Gasteiger partial charge on any atom is 0.223 e. The lowest BCUT2D eigenvalue weighted by Crippen LogP contribution is -2.45. The number of aromatic hydroxyl groups is 1. The van der Waals surface area contributed by atoms with Gasteiger partial charge in [0.05, 0.1) is 17.9 Å². The van der Waals surface area contributed by atoms with Crippen LogP contribution >= 0.6 is 0 Å². The van der Waals surface area contributed by atoms with E-state index in [4.69, 9.17) is 4.74 Å². The van der Waals surface area contributed by atoms with Crippen LogP contribution in [0.1, 0.15) is 25.2 Å². The minimum Gasteiger partial charge on any atom is -0.503 e. The van der Waals surface area contributed by atoms with Crippen molar-refractivity contribution in [3.8, 4) is 5.75 Å². The van der Waals surface area contributed by atoms with Crippen molar-refractivity contribution < 1.29 is 9.84 Å². The normalized spacial score (nSPS) is 24.6. The van der Waals surface area contributed by atoms with E-state index in [0.717, 1.165) is 18.8 Å². The SMILES string of the molecule is Cc1cc(=O)c(O)c(CN2CC(C)OC(C)C2)n1C. The number of nitrogens with zero attached hydrogens (tertiary/aromatic N) is 2. The monoisotopic (exact) mass is 266 g/mol. The first-order chi connectivity index (χ1) is 8.88. The quantitative estimate of drug-likeness (QED) is 0.868. The molecule has 19 heavy (non-hydrogen) atoms. The standard InChI is InChI=1S/C14H22N2O3/c1-9-5-13(17)14(18)12(15(9)4)8-16-6-10(2)19-11(3)7-16/h5,10-11,18H,6-8H2,1-4H3. The van der Waals surface area contributed by atoms with Gasteiger partial charge in [0, 0.05) is 38.4 Å². The summed E-state index contributed by atoms with van der Waals surface area (Å²) in [6, 6.07) is 1.46. The highest BCUT2D eigenvalue weighted by Crippen LogP contribution is 2.18. The first-order valence-electron chi connectivity index (χ1n) is 6.64. The Labute approximate surface area is 113 Å². The number of aromatic nitrogens is 1. The van der Waals surface area contributed by atoms with Gasteiger partial charge in [-0.3, -0.25) is 9.69 Å². The van der Waals surface area contributed by atoms with Crippen LogP contribution in [0.25, 0.3) is 0 Å². The summed E-state index contributed by atoms with van der Waals surface area (Å²) in [6.07, 6.45) is 0.348. The Morgan fingerprint density at radius 3 is 2.53 bits per heavy atom. The summed E-state index contributed by atoms with van der Waals surface area (Å²) in [6.45, 7) is 8.14. The molecule has 1 aliphatic heterocycles. The molecule has 0 radical (unpaired) electrons. The van der Waals surface area contributed by atoms with Crippen molar-refractivity contribution in [1.29, 1.82) is 0 Å². The predicted molar refractivity (Wildman–Crippen MR) is 73.4 cm³/mol. The molecule has 0 aliphatic carbocycles. The van der Waals surface area contributed by atoms with Gasteiger partial charge in [-0.15, -0.1) is 0 Å². The highest BCUT2D eigenvalue weighted by molar-refractivity contribution is 5.29. The number of morpholine rings is 1. The largest absolute Gasteiger partial charge is 0.503 e. The smallest absolute Gasteiger partial charge is 0.223 e.